The lowest BCUT2D eigenvalue weighted by atomic mass is 10.2. The summed E-state index contributed by atoms with van der Waals surface area (Å²) in [5.74, 6) is 0.644. The first-order chi connectivity index (χ1) is 10.3. The highest BCUT2D eigenvalue weighted by Crippen LogP contribution is 2.27. The Kier molecular flexibility index (Phi) is 9.32. The van der Waals surface area contributed by atoms with E-state index >= 15 is 0 Å². The van der Waals surface area contributed by atoms with Gasteiger partial charge in [0, 0.05) is 6.04 Å². The molecule has 2 unspecified atom stereocenters. The highest BCUT2D eigenvalue weighted by Gasteiger charge is 2.29. The number of hydrogen-bond acceptors (Lipinski definition) is 5. The molecule has 0 saturated heterocycles. The number of hydrogen-bond donors (Lipinski definition) is 2. The van der Waals surface area contributed by atoms with Gasteiger partial charge in [0.2, 0.25) is 0 Å². The van der Waals surface area contributed by atoms with Crippen molar-refractivity contribution in [3.8, 4) is 0 Å². The van der Waals surface area contributed by atoms with Gasteiger partial charge in [-0.05, 0) is 38.3 Å². The van der Waals surface area contributed by atoms with Crippen LogP contribution in [0.4, 0.5) is 0 Å². The van der Waals surface area contributed by atoms with Crippen molar-refractivity contribution in [3.05, 3.63) is 42.5 Å². The second kappa shape index (κ2) is 10.1. The number of rotatable bonds is 4. The summed E-state index contributed by atoms with van der Waals surface area (Å²) in [5, 5.41) is 0. The van der Waals surface area contributed by atoms with E-state index in [0.717, 1.165) is 12.0 Å². The van der Waals surface area contributed by atoms with E-state index in [9.17, 15) is 13.2 Å². The molecule has 1 aromatic rings. The van der Waals surface area contributed by atoms with Crippen LogP contribution >= 0.6 is 0 Å². The van der Waals surface area contributed by atoms with Gasteiger partial charge in [-0.2, -0.15) is 8.42 Å². The highest BCUT2D eigenvalue weighted by atomic mass is 32.2. The molecule has 0 bridgehead atoms. The van der Waals surface area contributed by atoms with Crippen molar-refractivity contribution < 1.29 is 22.5 Å². The van der Waals surface area contributed by atoms with Gasteiger partial charge in [-0.15, -0.1) is 6.58 Å². The van der Waals surface area contributed by atoms with Crippen LogP contribution in [0.15, 0.2) is 41.8 Å². The van der Waals surface area contributed by atoms with Crippen LogP contribution in [0.3, 0.4) is 0 Å². The monoisotopic (exact) mass is 329 g/mol. The molecule has 1 aliphatic carbocycles. The summed E-state index contributed by atoms with van der Waals surface area (Å²) in [6, 6.07) is 6.43. The molecule has 0 amide bonds. The van der Waals surface area contributed by atoms with Crippen molar-refractivity contribution >= 4 is 16.6 Å². The third-order valence-electron chi connectivity index (χ3n) is 2.75. The van der Waals surface area contributed by atoms with Gasteiger partial charge in [0.05, 0.1) is 11.5 Å². The van der Waals surface area contributed by atoms with Crippen LogP contribution in [-0.2, 0) is 19.6 Å². The van der Waals surface area contributed by atoms with E-state index in [2.05, 4.69) is 11.3 Å². The van der Waals surface area contributed by atoms with Gasteiger partial charge in [-0.25, -0.2) is 0 Å². The minimum Gasteiger partial charge on any atom is -0.468 e. The molecule has 0 radical (unpaired) electrons. The van der Waals surface area contributed by atoms with Crippen LogP contribution in [-0.4, -0.2) is 32.1 Å². The molecule has 3 N–H and O–H groups in total. The van der Waals surface area contributed by atoms with E-state index in [1.165, 1.54) is 12.1 Å². The highest BCUT2D eigenvalue weighted by molar-refractivity contribution is 7.85. The molecule has 1 saturated carbocycles. The summed E-state index contributed by atoms with van der Waals surface area (Å²) < 4.78 is 33.7. The van der Waals surface area contributed by atoms with Crippen LogP contribution in [0.1, 0.15) is 18.9 Å². The lowest BCUT2D eigenvalue weighted by Gasteiger charge is -1.95. The average molecular weight is 329 g/mol. The fourth-order valence-corrected chi connectivity index (χ4v) is 1.77. The first kappa shape index (κ1) is 20.3. The predicted molar refractivity (Wildman–Crippen MR) is 85.0 cm³/mol. The van der Waals surface area contributed by atoms with Gasteiger partial charge in [-0.1, -0.05) is 23.8 Å². The number of ether oxygens (including phenoxy) is 1. The maximum atomic E-state index is 10.5. The summed E-state index contributed by atoms with van der Waals surface area (Å²) in [4.78, 5) is 9.12. The Bertz CT molecular complexity index is 554. The van der Waals surface area contributed by atoms with Crippen molar-refractivity contribution in [1.29, 1.82) is 0 Å². The number of carbonyl (C=O) groups excluding carboxylic acids is 1. The quantitative estimate of drug-likeness (QED) is 0.497. The van der Waals surface area contributed by atoms with Crippen LogP contribution in [0.5, 0.6) is 0 Å². The summed E-state index contributed by atoms with van der Waals surface area (Å²) in [6.45, 7) is 8.10. The Morgan fingerprint density at radius 3 is 2.09 bits per heavy atom. The number of carbonyl (C=O) groups is 1. The molecule has 7 heteroatoms. The van der Waals surface area contributed by atoms with Crippen molar-refractivity contribution in [1.82, 2.24) is 0 Å². The minimum absolute atomic E-state index is 0.0666. The van der Waals surface area contributed by atoms with Crippen LogP contribution in [0, 0.1) is 12.8 Å². The minimum atomic E-state index is -4.02. The molecule has 2 atom stereocenters. The number of nitrogens with two attached hydrogens (primary N) is 1. The van der Waals surface area contributed by atoms with Crippen LogP contribution < -0.4 is 5.73 Å². The first-order valence-corrected chi connectivity index (χ1v) is 8.17. The zero-order chi connectivity index (χ0) is 17.2. The van der Waals surface area contributed by atoms with E-state index < -0.39 is 10.1 Å². The maximum absolute atomic E-state index is 10.5. The zero-order valence-electron chi connectivity index (χ0n) is 12.8. The smallest absolute Gasteiger partial charge is 0.294 e. The van der Waals surface area contributed by atoms with Gasteiger partial charge in [0.15, 0.2) is 0 Å². The second-order valence-electron chi connectivity index (χ2n) is 4.64. The molecule has 6 nitrogen and oxygen atoms in total. The van der Waals surface area contributed by atoms with Gasteiger partial charge < -0.3 is 10.5 Å². The van der Waals surface area contributed by atoms with Crippen molar-refractivity contribution in [3.63, 3.8) is 0 Å². The lowest BCUT2D eigenvalue weighted by Crippen LogP contribution is -1.99. The SMILES string of the molecule is C=CC1CC1N.CCOC=O.Cc1ccc(S(=O)(=O)O)cc1. The van der Waals surface area contributed by atoms with E-state index in [-0.39, 0.29) is 4.90 Å². The molecule has 0 spiro atoms. The van der Waals surface area contributed by atoms with E-state index in [4.69, 9.17) is 10.3 Å². The summed E-state index contributed by atoms with van der Waals surface area (Å²) in [6.07, 6.45) is 3.08. The molecule has 1 aromatic carbocycles. The lowest BCUT2D eigenvalue weighted by molar-refractivity contribution is -0.128. The van der Waals surface area contributed by atoms with Gasteiger partial charge in [-0.3, -0.25) is 9.35 Å². The Morgan fingerprint density at radius 1 is 1.41 bits per heavy atom. The topological polar surface area (TPSA) is 107 Å². The Balaban J connectivity index is 0.000000338. The number of aryl methyl sites for hydroxylation is 1. The zero-order valence-corrected chi connectivity index (χ0v) is 13.6. The Hall–Kier alpha value is -1.70. The molecule has 1 aliphatic rings. The standard InChI is InChI=1S/C7H8O3S.C5H9N.C3H6O2/c1-6-2-4-7(5-3-6)11(8,9)10;1-2-4-3-5(4)6;1-2-5-3-4/h2-5H,1H3,(H,8,9,10);2,4-5H,1,3,6H2;3H,2H2,1H3. The van der Waals surface area contributed by atoms with E-state index in [1.807, 2.05) is 13.0 Å². The molecule has 124 valence electrons. The molecule has 0 heterocycles. The summed E-state index contributed by atoms with van der Waals surface area (Å²) >= 11 is 0. The third-order valence-corrected chi connectivity index (χ3v) is 3.62. The van der Waals surface area contributed by atoms with Gasteiger partial charge in [0.1, 0.15) is 0 Å². The fourth-order valence-electron chi connectivity index (χ4n) is 1.28. The molecular formula is C15H23NO5S. The van der Waals surface area contributed by atoms with Gasteiger partial charge in [0.25, 0.3) is 16.6 Å². The summed E-state index contributed by atoms with van der Waals surface area (Å²) in [7, 11) is -4.02. The molecule has 0 aromatic heterocycles. The molecule has 2 rings (SSSR count). The van der Waals surface area contributed by atoms with E-state index in [1.54, 1.807) is 19.1 Å². The maximum Gasteiger partial charge on any atom is 0.294 e. The van der Waals surface area contributed by atoms with Crippen molar-refractivity contribution in [2.75, 3.05) is 6.61 Å². The number of benzene rings is 1. The predicted octanol–water partition coefficient (Wildman–Crippen LogP) is 1.94. The molecule has 1 fully saturated rings. The normalized spacial score (nSPS) is 18.7. The van der Waals surface area contributed by atoms with Crippen molar-refractivity contribution in [2.24, 2.45) is 11.7 Å². The Labute approximate surface area is 131 Å². The molecule has 22 heavy (non-hydrogen) atoms. The van der Waals surface area contributed by atoms with Crippen LogP contribution in [0.2, 0.25) is 0 Å². The average Bonchev–Trinajstić information content (AvgIpc) is 3.17. The fraction of sp³-hybridized carbons (Fsp3) is 0.400. The first-order valence-electron chi connectivity index (χ1n) is 6.73. The van der Waals surface area contributed by atoms with E-state index in [0.29, 0.717) is 25.0 Å². The summed E-state index contributed by atoms with van der Waals surface area (Å²) in [5.41, 5.74) is 6.36. The van der Waals surface area contributed by atoms with Gasteiger partial charge >= 0.3 is 0 Å². The second-order valence-corrected chi connectivity index (χ2v) is 6.06. The molecule has 0 aliphatic heterocycles. The largest absolute Gasteiger partial charge is 0.468 e. The molecular weight excluding hydrogens is 306 g/mol. The van der Waals surface area contributed by atoms with Crippen molar-refractivity contribution in [2.45, 2.75) is 31.2 Å². The third kappa shape index (κ3) is 9.28. The Morgan fingerprint density at radius 2 is 1.91 bits per heavy atom. The van der Waals surface area contributed by atoms with Crippen LogP contribution in [0.25, 0.3) is 0 Å².